The zero-order valence-electron chi connectivity index (χ0n) is 22.4. The Labute approximate surface area is 230 Å². The average molecular weight is 545 g/mol. The number of nitrogens with one attached hydrogen (secondary N) is 2. The van der Waals surface area contributed by atoms with Gasteiger partial charge in [-0.1, -0.05) is 30.3 Å². The van der Waals surface area contributed by atoms with Crippen molar-refractivity contribution in [1.82, 2.24) is 10.6 Å². The summed E-state index contributed by atoms with van der Waals surface area (Å²) in [5.41, 5.74) is 3.45. The Morgan fingerprint density at radius 3 is 2.52 bits per heavy atom. The van der Waals surface area contributed by atoms with E-state index in [1.807, 2.05) is 36.4 Å². The lowest BCUT2D eigenvalue weighted by molar-refractivity contribution is -0.137. The van der Waals surface area contributed by atoms with Crippen LogP contribution in [0.4, 0.5) is 0 Å². The number of aliphatic carboxylic acids is 1. The molecule has 0 aliphatic heterocycles. The molecule has 2 amide bonds. The van der Waals surface area contributed by atoms with Gasteiger partial charge in [-0.3, -0.25) is 14.4 Å². The van der Waals surface area contributed by atoms with E-state index in [-0.39, 0.29) is 37.8 Å². The van der Waals surface area contributed by atoms with Crippen molar-refractivity contribution in [2.45, 2.75) is 64.3 Å². The fourth-order valence-electron chi connectivity index (χ4n) is 5.39. The minimum Gasteiger partial charge on any atom is -0.481 e. The van der Waals surface area contributed by atoms with Crippen LogP contribution in [-0.2, 0) is 40.1 Å². The molecular weight excluding hydrogens is 512 g/mol. The molecule has 0 fully saturated rings. The van der Waals surface area contributed by atoms with Crippen LogP contribution < -0.4 is 16.3 Å². The van der Waals surface area contributed by atoms with Gasteiger partial charge in [0.1, 0.15) is 23.0 Å². The van der Waals surface area contributed by atoms with Crippen molar-refractivity contribution >= 4 is 39.7 Å². The first-order chi connectivity index (χ1) is 19.3. The molecule has 0 bridgehead atoms. The normalized spacial score (nSPS) is 13.6. The zero-order valence-corrected chi connectivity index (χ0v) is 22.4. The highest BCUT2D eigenvalue weighted by atomic mass is 16.4. The molecule has 40 heavy (non-hydrogen) atoms. The van der Waals surface area contributed by atoms with Gasteiger partial charge in [0.05, 0.1) is 12.0 Å². The van der Waals surface area contributed by atoms with Crippen molar-refractivity contribution < 1.29 is 28.3 Å². The number of carboxylic acid groups (broad SMARTS) is 1. The van der Waals surface area contributed by atoms with Crippen LogP contribution in [0.25, 0.3) is 21.9 Å². The van der Waals surface area contributed by atoms with Crippen LogP contribution in [-0.4, -0.2) is 35.5 Å². The summed E-state index contributed by atoms with van der Waals surface area (Å²) in [6.07, 6.45) is 4.23. The molecule has 0 saturated carbocycles. The SMILES string of the molecule is Cc1c(CC(=O)NC(Cc2ccccc2)C(=O)NCCCC(=O)O)c(=O)oc2cc3oc4c(c3cc12)CCCC4. The standard InChI is InChI=1S/C31H32N2O7/c1-18-21-15-23-20-10-5-6-11-25(20)39-27(23)17-26(21)40-31(38)22(18)16-28(34)33-24(14-19-8-3-2-4-9-19)30(37)32-13-7-12-29(35)36/h2-4,8-9,15,17,24H,5-7,10-14,16H2,1H3,(H,32,37)(H,33,34)(H,35,36). The first kappa shape index (κ1) is 27.2. The lowest BCUT2D eigenvalue weighted by Gasteiger charge is -2.19. The second-order valence-corrected chi connectivity index (χ2v) is 10.3. The molecule has 0 saturated heterocycles. The summed E-state index contributed by atoms with van der Waals surface area (Å²) in [7, 11) is 0. The van der Waals surface area contributed by atoms with Gasteiger partial charge >= 0.3 is 11.6 Å². The van der Waals surface area contributed by atoms with Crippen LogP contribution >= 0.6 is 0 Å². The number of carbonyl (C=O) groups is 3. The van der Waals surface area contributed by atoms with Gasteiger partial charge in [0, 0.05) is 48.2 Å². The predicted octanol–water partition coefficient (Wildman–Crippen LogP) is 3.98. The summed E-state index contributed by atoms with van der Waals surface area (Å²) in [5.74, 6) is -0.863. The van der Waals surface area contributed by atoms with Gasteiger partial charge in [-0.15, -0.1) is 0 Å². The van der Waals surface area contributed by atoms with Crippen molar-refractivity contribution in [3.8, 4) is 0 Å². The molecule has 0 radical (unpaired) electrons. The Balaban J connectivity index is 1.37. The second kappa shape index (κ2) is 11.8. The lowest BCUT2D eigenvalue weighted by Crippen LogP contribution is -2.49. The molecule has 3 N–H and O–H groups in total. The van der Waals surface area contributed by atoms with Gasteiger partial charge in [0.25, 0.3) is 0 Å². The van der Waals surface area contributed by atoms with Gasteiger partial charge in [0.2, 0.25) is 11.8 Å². The van der Waals surface area contributed by atoms with E-state index in [0.717, 1.165) is 47.8 Å². The van der Waals surface area contributed by atoms with Crippen molar-refractivity contribution in [3.05, 3.63) is 80.9 Å². The first-order valence-corrected chi connectivity index (χ1v) is 13.6. The van der Waals surface area contributed by atoms with Gasteiger partial charge in [-0.2, -0.15) is 0 Å². The van der Waals surface area contributed by atoms with E-state index in [0.29, 0.717) is 16.7 Å². The highest BCUT2D eigenvalue weighted by Crippen LogP contribution is 2.35. The van der Waals surface area contributed by atoms with Gasteiger partial charge < -0.3 is 24.6 Å². The summed E-state index contributed by atoms with van der Waals surface area (Å²) < 4.78 is 11.7. The lowest BCUT2D eigenvalue weighted by atomic mass is 9.94. The highest BCUT2D eigenvalue weighted by Gasteiger charge is 2.24. The van der Waals surface area contributed by atoms with Crippen molar-refractivity contribution in [3.63, 3.8) is 0 Å². The van der Waals surface area contributed by atoms with Crippen LogP contribution in [0.5, 0.6) is 0 Å². The molecule has 9 nitrogen and oxygen atoms in total. The number of aryl methyl sites for hydroxylation is 3. The molecular formula is C31H32N2O7. The van der Waals surface area contributed by atoms with Crippen LogP contribution in [0.2, 0.25) is 0 Å². The average Bonchev–Trinajstić information content (AvgIpc) is 3.30. The van der Waals surface area contributed by atoms with E-state index in [1.54, 1.807) is 13.0 Å². The largest absolute Gasteiger partial charge is 0.481 e. The summed E-state index contributed by atoms with van der Waals surface area (Å²) in [6, 6.07) is 12.1. The first-order valence-electron chi connectivity index (χ1n) is 13.6. The molecule has 1 atom stereocenters. The second-order valence-electron chi connectivity index (χ2n) is 10.3. The van der Waals surface area contributed by atoms with E-state index in [4.69, 9.17) is 13.9 Å². The van der Waals surface area contributed by atoms with E-state index in [1.165, 1.54) is 5.56 Å². The maximum Gasteiger partial charge on any atom is 0.340 e. The Morgan fingerprint density at radius 1 is 1.00 bits per heavy atom. The molecule has 2 aromatic heterocycles. The molecule has 1 aliphatic carbocycles. The maximum atomic E-state index is 13.2. The van der Waals surface area contributed by atoms with Crippen LogP contribution in [0.3, 0.4) is 0 Å². The van der Waals surface area contributed by atoms with Gasteiger partial charge in [0.15, 0.2) is 0 Å². The van der Waals surface area contributed by atoms with Crippen LogP contribution in [0.15, 0.2) is 56.1 Å². The monoisotopic (exact) mass is 544 g/mol. The van der Waals surface area contributed by atoms with Crippen molar-refractivity contribution in [1.29, 1.82) is 0 Å². The molecule has 2 aromatic carbocycles. The van der Waals surface area contributed by atoms with E-state index >= 15 is 0 Å². The number of fused-ring (bicyclic) bond motifs is 4. The third-order valence-electron chi connectivity index (χ3n) is 7.50. The number of rotatable bonds is 10. The smallest absolute Gasteiger partial charge is 0.340 e. The van der Waals surface area contributed by atoms with E-state index in [9.17, 15) is 19.2 Å². The number of benzene rings is 2. The number of amides is 2. The van der Waals surface area contributed by atoms with Crippen molar-refractivity contribution in [2.75, 3.05) is 6.54 Å². The molecule has 4 aromatic rings. The molecule has 9 heteroatoms. The summed E-state index contributed by atoms with van der Waals surface area (Å²) >= 11 is 0. The van der Waals surface area contributed by atoms with E-state index in [2.05, 4.69) is 10.6 Å². The topological polar surface area (TPSA) is 139 Å². The number of furan rings is 1. The minimum absolute atomic E-state index is 0.0685. The summed E-state index contributed by atoms with van der Waals surface area (Å²) in [4.78, 5) is 49.9. The predicted molar refractivity (Wildman–Crippen MR) is 149 cm³/mol. The quantitative estimate of drug-likeness (QED) is 0.203. The number of carboxylic acids is 1. The Bertz CT molecular complexity index is 1630. The fourth-order valence-corrected chi connectivity index (χ4v) is 5.39. The Kier molecular flexibility index (Phi) is 8.00. The highest BCUT2D eigenvalue weighted by molar-refractivity contribution is 5.97. The number of carbonyl (C=O) groups excluding carboxylic acids is 2. The molecule has 1 aliphatic rings. The van der Waals surface area contributed by atoms with Crippen molar-refractivity contribution in [2.24, 2.45) is 0 Å². The van der Waals surface area contributed by atoms with Crippen LogP contribution in [0, 0.1) is 6.92 Å². The van der Waals surface area contributed by atoms with E-state index < -0.39 is 29.5 Å². The third kappa shape index (κ3) is 5.93. The Morgan fingerprint density at radius 2 is 1.75 bits per heavy atom. The zero-order chi connectivity index (χ0) is 28.2. The number of hydrogen-bond donors (Lipinski definition) is 3. The Hall–Kier alpha value is -4.40. The van der Waals surface area contributed by atoms with Crippen LogP contribution in [0.1, 0.15) is 53.7 Å². The minimum atomic E-state index is -0.943. The molecule has 1 unspecified atom stereocenters. The molecule has 2 heterocycles. The summed E-state index contributed by atoms with van der Waals surface area (Å²) in [6.45, 7) is 1.97. The van der Waals surface area contributed by atoms with Gasteiger partial charge in [-0.05, 0) is 49.8 Å². The number of hydrogen-bond acceptors (Lipinski definition) is 6. The fraction of sp³-hybridized carbons (Fsp3) is 0.355. The molecule has 5 rings (SSSR count). The summed E-state index contributed by atoms with van der Waals surface area (Å²) in [5, 5.41) is 16.1. The molecule has 208 valence electrons. The van der Waals surface area contributed by atoms with Gasteiger partial charge in [-0.25, -0.2) is 4.79 Å². The third-order valence-corrected chi connectivity index (χ3v) is 7.50. The maximum absolute atomic E-state index is 13.2. The molecule has 0 spiro atoms.